The van der Waals surface area contributed by atoms with Crippen LogP contribution in [0.1, 0.15) is 6.92 Å². The second-order valence-electron chi connectivity index (χ2n) is 3.37. The fraction of sp³-hybridized carbons (Fsp3) is 0.250. The zero-order valence-electron chi connectivity index (χ0n) is 9.27. The number of nitrogens with zero attached hydrogens (tertiary/aromatic N) is 2. The smallest absolute Gasteiger partial charge is 0.128 e. The van der Waals surface area contributed by atoms with Crippen molar-refractivity contribution in [3.8, 4) is 17.0 Å². The summed E-state index contributed by atoms with van der Waals surface area (Å²) in [5.74, 6) is 0.865. The van der Waals surface area contributed by atoms with Crippen LogP contribution in [0.25, 0.3) is 11.3 Å². The van der Waals surface area contributed by atoms with Crippen LogP contribution in [-0.4, -0.2) is 16.9 Å². The Morgan fingerprint density at radius 3 is 2.81 bits per heavy atom. The zero-order valence-corrected chi connectivity index (χ0v) is 10.9. The van der Waals surface area contributed by atoms with E-state index in [0.717, 1.165) is 28.2 Å². The summed E-state index contributed by atoms with van der Waals surface area (Å²) in [7, 11) is 1.68. The molecule has 0 bridgehead atoms. The molecular weight excluding hydrogens is 268 g/mol. The highest BCUT2D eigenvalue weighted by atomic mass is 79.9. The second kappa shape index (κ2) is 4.70. The molecule has 0 N–H and O–H groups in total. The van der Waals surface area contributed by atoms with Crippen LogP contribution in [0.3, 0.4) is 0 Å². The Morgan fingerprint density at radius 2 is 2.12 bits per heavy atom. The lowest BCUT2D eigenvalue weighted by atomic mass is 10.1. The maximum absolute atomic E-state index is 5.35. The average Bonchev–Trinajstić information content (AvgIpc) is 2.70. The van der Waals surface area contributed by atoms with Crippen LogP contribution in [0.15, 0.2) is 34.9 Å². The predicted molar refractivity (Wildman–Crippen MR) is 67.6 cm³/mol. The molecule has 0 saturated heterocycles. The van der Waals surface area contributed by atoms with Gasteiger partial charge in [0.25, 0.3) is 0 Å². The van der Waals surface area contributed by atoms with Crippen LogP contribution < -0.4 is 4.74 Å². The third-order valence-electron chi connectivity index (χ3n) is 2.43. The Morgan fingerprint density at radius 1 is 1.38 bits per heavy atom. The predicted octanol–water partition coefficient (Wildman–Crippen LogP) is 3.34. The first-order valence-corrected chi connectivity index (χ1v) is 5.92. The summed E-state index contributed by atoms with van der Waals surface area (Å²) < 4.78 is 8.14. The molecule has 0 saturated carbocycles. The van der Waals surface area contributed by atoms with Gasteiger partial charge >= 0.3 is 0 Å². The lowest BCUT2D eigenvalue weighted by molar-refractivity contribution is 0.416. The fourth-order valence-corrected chi connectivity index (χ4v) is 2.11. The first-order valence-electron chi connectivity index (χ1n) is 5.13. The van der Waals surface area contributed by atoms with Crippen molar-refractivity contribution in [2.75, 3.05) is 7.11 Å². The number of hydrogen-bond donors (Lipinski definition) is 0. The molecule has 2 aromatic rings. The minimum absolute atomic E-state index is 0.832. The SMILES string of the molecule is CCn1nc(Br)cc1-c1ccccc1OC. The molecule has 0 fully saturated rings. The highest BCUT2D eigenvalue weighted by Crippen LogP contribution is 2.31. The molecule has 0 radical (unpaired) electrons. The number of hydrogen-bond acceptors (Lipinski definition) is 2. The van der Waals surface area contributed by atoms with Gasteiger partial charge in [-0.2, -0.15) is 5.10 Å². The monoisotopic (exact) mass is 280 g/mol. The summed E-state index contributed by atoms with van der Waals surface area (Å²) in [4.78, 5) is 0. The summed E-state index contributed by atoms with van der Waals surface area (Å²) in [6.07, 6.45) is 0. The lowest BCUT2D eigenvalue weighted by Gasteiger charge is -2.09. The first-order chi connectivity index (χ1) is 7.76. The van der Waals surface area contributed by atoms with Gasteiger partial charge in [-0.05, 0) is 41.1 Å². The Bertz CT molecular complexity index is 494. The maximum Gasteiger partial charge on any atom is 0.128 e. The molecule has 2 rings (SSSR count). The summed E-state index contributed by atoms with van der Waals surface area (Å²) >= 11 is 3.39. The molecular formula is C12H13BrN2O. The lowest BCUT2D eigenvalue weighted by Crippen LogP contribution is -1.99. The topological polar surface area (TPSA) is 27.1 Å². The summed E-state index contributed by atoms with van der Waals surface area (Å²) in [5, 5.41) is 4.36. The molecule has 0 unspecified atom stereocenters. The Kier molecular flexibility index (Phi) is 3.29. The molecule has 0 spiro atoms. The molecule has 16 heavy (non-hydrogen) atoms. The van der Waals surface area contributed by atoms with Gasteiger partial charge in [0.2, 0.25) is 0 Å². The van der Waals surface area contributed by atoms with Crippen LogP contribution in [0.5, 0.6) is 5.75 Å². The average molecular weight is 281 g/mol. The summed E-state index contributed by atoms with van der Waals surface area (Å²) in [5.41, 5.74) is 2.12. The van der Waals surface area contributed by atoms with Crippen molar-refractivity contribution >= 4 is 15.9 Å². The van der Waals surface area contributed by atoms with Crippen molar-refractivity contribution in [2.24, 2.45) is 0 Å². The number of ether oxygens (including phenoxy) is 1. The van der Waals surface area contributed by atoms with Crippen molar-refractivity contribution in [1.29, 1.82) is 0 Å². The van der Waals surface area contributed by atoms with Crippen LogP contribution in [0.2, 0.25) is 0 Å². The van der Waals surface area contributed by atoms with E-state index in [4.69, 9.17) is 4.74 Å². The van der Waals surface area contributed by atoms with E-state index in [2.05, 4.69) is 28.0 Å². The molecule has 1 aromatic carbocycles. The number of benzene rings is 1. The number of methoxy groups -OCH3 is 1. The quantitative estimate of drug-likeness (QED) is 0.862. The van der Waals surface area contributed by atoms with Crippen molar-refractivity contribution < 1.29 is 4.74 Å². The number of rotatable bonds is 3. The molecule has 0 atom stereocenters. The van der Waals surface area contributed by atoms with E-state index >= 15 is 0 Å². The standard InChI is InChI=1S/C12H13BrN2O/c1-3-15-10(8-12(13)14-15)9-6-4-5-7-11(9)16-2/h4-8H,3H2,1-2H3. The van der Waals surface area contributed by atoms with Gasteiger partial charge in [0.05, 0.1) is 12.8 Å². The van der Waals surface area contributed by atoms with Crippen LogP contribution >= 0.6 is 15.9 Å². The molecule has 0 aliphatic heterocycles. The third-order valence-corrected chi connectivity index (χ3v) is 2.82. The van der Waals surface area contributed by atoms with Gasteiger partial charge in [0.15, 0.2) is 0 Å². The van der Waals surface area contributed by atoms with Gasteiger partial charge in [-0.25, -0.2) is 0 Å². The fourth-order valence-electron chi connectivity index (χ4n) is 1.70. The van der Waals surface area contributed by atoms with E-state index in [1.807, 2.05) is 35.0 Å². The number of halogens is 1. The van der Waals surface area contributed by atoms with Crippen molar-refractivity contribution in [3.05, 3.63) is 34.9 Å². The minimum atomic E-state index is 0.832. The van der Waals surface area contributed by atoms with Crippen molar-refractivity contribution in [3.63, 3.8) is 0 Å². The Balaban J connectivity index is 2.57. The first kappa shape index (κ1) is 11.2. The summed E-state index contributed by atoms with van der Waals surface area (Å²) in [6, 6.07) is 9.95. The van der Waals surface area contributed by atoms with Gasteiger partial charge in [-0.15, -0.1) is 0 Å². The Hall–Kier alpha value is -1.29. The number of para-hydroxylation sites is 1. The van der Waals surface area contributed by atoms with E-state index in [0.29, 0.717) is 0 Å². The van der Waals surface area contributed by atoms with Gasteiger partial charge in [0.1, 0.15) is 10.4 Å². The van der Waals surface area contributed by atoms with E-state index in [1.165, 1.54) is 0 Å². The number of aryl methyl sites for hydroxylation is 1. The molecule has 1 aromatic heterocycles. The molecule has 0 aliphatic rings. The van der Waals surface area contributed by atoms with Crippen molar-refractivity contribution in [1.82, 2.24) is 9.78 Å². The minimum Gasteiger partial charge on any atom is -0.496 e. The molecule has 4 heteroatoms. The van der Waals surface area contributed by atoms with E-state index in [9.17, 15) is 0 Å². The maximum atomic E-state index is 5.35. The van der Waals surface area contributed by atoms with Crippen LogP contribution in [-0.2, 0) is 6.54 Å². The van der Waals surface area contributed by atoms with E-state index < -0.39 is 0 Å². The van der Waals surface area contributed by atoms with Gasteiger partial charge in [-0.3, -0.25) is 4.68 Å². The molecule has 3 nitrogen and oxygen atoms in total. The van der Waals surface area contributed by atoms with Gasteiger partial charge < -0.3 is 4.74 Å². The molecule has 84 valence electrons. The Labute approximate surface area is 103 Å². The second-order valence-corrected chi connectivity index (χ2v) is 4.18. The van der Waals surface area contributed by atoms with Crippen molar-refractivity contribution in [2.45, 2.75) is 13.5 Å². The van der Waals surface area contributed by atoms with Gasteiger partial charge in [-0.1, -0.05) is 12.1 Å². The normalized spacial score (nSPS) is 10.4. The number of aromatic nitrogens is 2. The highest BCUT2D eigenvalue weighted by Gasteiger charge is 2.11. The summed E-state index contributed by atoms with van der Waals surface area (Å²) in [6.45, 7) is 2.90. The molecule has 0 aliphatic carbocycles. The van der Waals surface area contributed by atoms with E-state index in [1.54, 1.807) is 7.11 Å². The van der Waals surface area contributed by atoms with Gasteiger partial charge in [0, 0.05) is 12.1 Å². The molecule has 1 heterocycles. The van der Waals surface area contributed by atoms with Crippen LogP contribution in [0, 0.1) is 0 Å². The largest absolute Gasteiger partial charge is 0.496 e. The van der Waals surface area contributed by atoms with E-state index in [-0.39, 0.29) is 0 Å². The molecule has 0 amide bonds. The zero-order chi connectivity index (χ0) is 11.5. The third kappa shape index (κ3) is 1.97. The van der Waals surface area contributed by atoms with Crippen LogP contribution in [0.4, 0.5) is 0 Å². The highest BCUT2D eigenvalue weighted by molar-refractivity contribution is 9.10.